The van der Waals surface area contributed by atoms with Gasteiger partial charge in [0.1, 0.15) is 5.52 Å². The normalized spacial score (nSPS) is 12.5. The van der Waals surface area contributed by atoms with Crippen molar-refractivity contribution in [3.8, 4) is 0 Å². The van der Waals surface area contributed by atoms with Gasteiger partial charge in [-0.1, -0.05) is 0 Å². The van der Waals surface area contributed by atoms with Crippen molar-refractivity contribution in [3.05, 3.63) is 25.0 Å². The smallest absolute Gasteiger partial charge is 0.226 e. The molecule has 0 fully saturated rings. The van der Waals surface area contributed by atoms with Crippen molar-refractivity contribution < 1.29 is 0 Å². The van der Waals surface area contributed by atoms with E-state index in [-0.39, 0.29) is 6.04 Å². The summed E-state index contributed by atoms with van der Waals surface area (Å²) in [5.41, 5.74) is 1.45. The molecular weight excluding hydrogens is 256 g/mol. The van der Waals surface area contributed by atoms with E-state index in [4.69, 9.17) is 0 Å². The number of H-pyrrole nitrogens is 1. The van der Waals surface area contributed by atoms with Gasteiger partial charge in [0.2, 0.25) is 5.95 Å². The monoisotopic (exact) mass is 272 g/mol. The van der Waals surface area contributed by atoms with E-state index in [1.54, 1.807) is 25.9 Å². The molecule has 0 saturated heterocycles. The van der Waals surface area contributed by atoms with Gasteiger partial charge in [0.15, 0.2) is 11.5 Å². The van der Waals surface area contributed by atoms with Crippen LogP contribution in [0.25, 0.3) is 11.2 Å². The van der Waals surface area contributed by atoms with E-state index in [9.17, 15) is 0 Å². The van der Waals surface area contributed by atoms with Crippen molar-refractivity contribution in [2.75, 3.05) is 17.7 Å². The summed E-state index contributed by atoms with van der Waals surface area (Å²) in [6.07, 6.45) is 7.11. The van der Waals surface area contributed by atoms with E-state index < -0.39 is 0 Å². The molecule has 0 radical (unpaired) electrons. The van der Waals surface area contributed by atoms with Crippen molar-refractivity contribution in [2.45, 2.75) is 19.5 Å². The molecule has 20 heavy (non-hydrogen) atoms. The van der Waals surface area contributed by atoms with Gasteiger partial charge in [0.25, 0.3) is 0 Å². The molecule has 8 heteroatoms. The minimum absolute atomic E-state index is 0.190. The lowest BCUT2D eigenvalue weighted by molar-refractivity contribution is 0.617. The summed E-state index contributed by atoms with van der Waals surface area (Å²) in [5.74, 6) is 1.28. The molecule has 3 aromatic heterocycles. The second kappa shape index (κ2) is 5.16. The Hall–Kier alpha value is -2.64. The maximum atomic E-state index is 4.43. The van der Waals surface area contributed by atoms with Crippen LogP contribution in [0.4, 0.5) is 11.8 Å². The molecule has 0 aromatic carbocycles. The Bertz CT molecular complexity index is 687. The second-order valence-electron chi connectivity index (χ2n) is 4.55. The van der Waals surface area contributed by atoms with Crippen molar-refractivity contribution in [1.82, 2.24) is 29.5 Å². The second-order valence-corrected chi connectivity index (χ2v) is 4.55. The van der Waals surface area contributed by atoms with Crippen molar-refractivity contribution in [3.63, 3.8) is 0 Å². The standard InChI is InChI=1S/C12H16N8/c1-8(5-20-4-3-14-7-20)17-11-9-10(16-6-15-9)18-12(13-2)19-11/h3-4,6-8H,5H2,1-2H3,(H3,13,15,16,17,18,19). The number of nitrogens with one attached hydrogen (secondary N) is 3. The topological polar surface area (TPSA) is 96.3 Å². The third kappa shape index (κ3) is 2.40. The van der Waals surface area contributed by atoms with Crippen molar-refractivity contribution >= 4 is 22.9 Å². The zero-order valence-corrected chi connectivity index (χ0v) is 11.3. The fourth-order valence-electron chi connectivity index (χ4n) is 2.04. The van der Waals surface area contributed by atoms with Crippen LogP contribution in [0.5, 0.6) is 0 Å². The predicted molar refractivity (Wildman–Crippen MR) is 76.5 cm³/mol. The number of rotatable bonds is 5. The van der Waals surface area contributed by atoms with Gasteiger partial charge in [-0.25, -0.2) is 9.97 Å². The number of fused-ring (bicyclic) bond motifs is 1. The van der Waals surface area contributed by atoms with Crippen LogP contribution >= 0.6 is 0 Å². The Labute approximate surface area is 115 Å². The summed E-state index contributed by atoms with van der Waals surface area (Å²) in [6.45, 7) is 2.89. The average molecular weight is 272 g/mol. The number of anilines is 2. The molecule has 0 bridgehead atoms. The van der Waals surface area contributed by atoms with Crippen molar-refractivity contribution in [2.24, 2.45) is 0 Å². The van der Waals surface area contributed by atoms with E-state index in [1.807, 2.05) is 10.8 Å². The van der Waals surface area contributed by atoms with Gasteiger partial charge in [-0.05, 0) is 6.92 Å². The summed E-state index contributed by atoms with van der Waals surface area (Å²) in [6, 6.07) is 0.190. The van der Waals surface area contributed by atoms with Crippen LogP contribution in [0.2, 0.25) is 0 Å². The lowest BCUT2D eigenvalue weighted by atomic mass is 10.3. The molecular formula is C12H16N8. The first-order valence-electron chi connectivity index (χ1n) is 6.37. The van der Waals surface area contributed by atoms with E-state index in [2.05, 4.69) is 42.5 Å². The quantitative estimate of drug-likeness (QED) is 0.643. The Morgan fingerprint density at radius 3 is 3.05 bits per heavy atom. The molecule has 104 valence electrons. The minimum Gasteiger partial charge on any atom is -0.364 e. The largest absolute Gasteiger partial charge is 0.364 e. The van der Waals surface area contributed by atoms with Crippen LogP contribution < -0.4 is 10.6 Å². The highest BCUT2D eigenvalue weighted by Crippen LogP contribution is 2.19. The lowest BCUT2D eigenvalue weighted by Crippen LogP contribution is -2.22. The summed E-state index contributed by atoms with van der Waals surface area (Å²) in [4.78, 5) is 20.0. The highest BCUT2D eigenvalue weighted by Gasteiger charge is 2.11. The highest BCUT2D eigenvalue weighted by molar-refractivity contribution is 5.83. The zero-order chi connectivity index (χ0) is 13.9. The molecule has 3 heterocycles. The predicted octanol–water partition coefficient (Wildman–Crippen LogP) is 1.09. The van der Waals surface area contributed by atoms with Gasteiger partial charge in [-0.15, -0.1) is 0 Å². The van der Waals surface area contributed by atoms with Crippen LogP contribution in [0, 0.1) is 0 Å². The summed E-state index contributed by atoms with van der Waals surface area (Å²) < 4.78 is 2.02. The van der Waals surface area contributed by atoms with Gasteiger partial charge in [0.05, 0.1) is 12.7 Å². The first-order valence-corrected chi connectivity index (χ1v) is 6.37. The van der Waals surface area contributed by atoms with E-state index in [0.717, 1.165) is 17.9 Å². The van der Waals surface area contributed by atoms with Gasteiger partial charge < -0.3 is 20.2 Å². The number of nitrogens with zero attached hydrogens (tertiary/aromatic N) is 5. The number of aromatic nitrogens is 6. The lowest BCUT2D eigenvalue weighted by Gasteiger charge is -2.15. The van der Waals surface area contributed by atoms with Crippen LogP contribution in [-0.2, 0) is 6.54 Å². The molecule has 0 aliphatic rings. The molecule has 8 nitrogen and oxygen atoms in total. The zero-order valence-electron chi connectivity index (χ0n) is 11.3. The van der Waals surface area contributed by atoms with Gasteiger partial charge in [-0.2, -0.15) is 9.97 Å². The molecule has 0 aliphatic heterocycles. The molecule has 0 aliphatic carbocycles. The minimum atomic E-state index is 0.190. The Morgan fingerprint density at radius 2 is 2.30 bits per heavy atom. The molecule has 1 unspecified atom stereocenters. The molecule has 0 saturated carbocycles. The van der Waals surface area contributed by atoms with Gasteiger partial charge in [-0.3, -0.25) is 0 Å². The molecule has 1 atom stereocenters. The van der Waals surface area contributed by atoms with Gasteiger partial charge >= 0.3 is 0 Å². The van der Waals surface area contributed by atoms with Crippen LogP contribution in [-0.4, -0.2) is 42.6 Å². The highest BCUT2D eigenvalue weighted by atomic mass is 15.2. The number of hydrogen-bond acceptors (Lipinski definition) is 6. The average Bonchev–Trinajstić information content (AvgIpc) is 3.09. The third-order valence-corrected chi connectivity index (χ3v) is 2.94. The SMILES string of the molecule is CNc1nc(NC(C)Cn2ccnc2)c2[nH]cnc2n1. The fourth-order valence-corrected chi connectivity index (χ4v) is 2.04. The first kappa shape index (κ1) is 12.4. The van der Waals surface area contributed by atoms with E-state index in [0.29, 0.717) is 11.6 Å². The summed E-state index contributed by atoms with van der Waals surface area (Å²) in [7, 11) is 1.78. The van der Waals surface area contributed by atoms with Crippen LogP contribution in [0.1, 0.15) is 6.92 Å². The Kier molecular flexibility index (Phi) is 3.20. The molecule has 0 spiro atoms. The first-order chi connectivity index (χ1) is 9.76. The van der Waals surface area contributed by atoms with E-state index >= 15 is 0 Å². The molecule has 3 aromatic rings. The van der Waals surface area contributed by atoms with Crippen LogP contribution in [0.15, 0.2) is 25.0 Å². The third-order valence-electron chi connectivity index (χ3n) is 2.94. The van der Waals surface area contributed by atoms with Gasteiger partial charge in [0, 0.05) is 32.0 Å². The van der Waals surface area contributed by atoms with Crippen LogP contribution in [0.3, 0.4) is 0 Å². The Morgan fingerprint density at radius 1 is 1.40 bits per heavy atom. The molecule has 3 rings (SSSR count). The molecule has 3 N–H and O–H groups in total. The molecule has 0 amide bonds. The number of imidazole rings is 2. The summed E-state index contributed by atoms with van der Waals surface area (Å²) >= 11 is 0. The summed E-state index contributed by atoms with van der Waals surface area (Å²) in [5, 5.41) is 6.31. The fraction of sp³-hybridized carbons (Fsp3) is 0.333. The number of aromatic amines is 1. The maximum absolute atomic E-state index is 4.43. The Balaban J connectivity index is 1.84. The van der Waals surface area contributed by atoms with E-state index in [1.165, 1.54) is 0 Å². The maximum Gasteiger partial charge on any atom is 0.226 e. The number of hydrogen-bond donors (Lipinski definition) is 3. The van der Waals surface area contributed by atoms with Crippen molar-refractivity contribution in [1.29, 1.82) is 0 Å².